The van der Waals surface area contributed by atoms with Crippen LogP contribution in [0.5, 0.6) is 0 Å². The van der Waals surface area contributed by atoms with Gasteiger partial charge in [-0.3, -0.25) is 5.10 Å². The molecule has 0 saturated heterocycles. The molecule has 0 spiro atoms. The summed E-state index contributed by atoms with van der Waals surface area (Å²) in [6.07, 6.45) is 5.80. The van der Waals surface area contributed by atoms with E-state index in [0.717, 1.165) is 47.8 Å². The van der Waals surface area contributed by atoms with E-state index in [4.69, 9.17) is 0 Å². The van der Waals surface area contributed by atoms with Gasteiger partial charge in [0, 0.05) is 23.2 Å². The molecule has 0 aliphatic heterocycles. The second kappa shape index (κ2) is 6.45. The molecule has 0 radical (unpaired) electrons. The lowest BCUT2D eigenvalue weighted by Gasteiger charge is -2.06. The summed E-state index contributed by atoms with van der Waals surface area (Å²) in [7, 11) is 0. The second-order valence-corrected chi connectivity index (χ2v) is 6.47. The van der Waals surface area contributed by atoms with Crippen LogP contribution in [-0.4, -0.2) is 31.3 Å². The summed E-state index contributed by atoms with van der Waals surface area (Å²) in [5.41, 5.74) is 5.44. The van der Waals surface area contributed by atoms with Crippen LogP contribution in [0, 0.1) is 6.92 Å². The molecule has 4 aromatic heterocycles. The van der Waals surface area contributed by atoms with Crippen LogP contribution in [-0.2, 0) is 6.42 Å². The Labute approximate surface area is 143 Å². The predicted molar refractivity (Wildman–Crippen MR) is 96.4 cm³/mol. The Morgan fingerprint density at radius 1 is 1.25 bits per heavy atom. The van der Waals surface area contributed by atoms with Crippen molar-refractivity contribution in [2.45, 2.75) is 19.8 Å². The Bertz CT molecular complexity index is 937. The van der Waals surface area contributed by atoms with Crippen molar-refractivity contribution in [3.63, 3.8) is 0 Å². The van der Waals surface area contributed by atoms with Gasteiger partial charge in [-0.05, 0) is 48.9 Å². The molecule has 0 bridgehead atoms. The van der Waals surface area contributed by atoms with Crippen LogP contribution < -0.4 is 5.32 Å². The molecule has 0 aliphatic carbocycles. The number of hydrogen-bond acceptors (Lipinski definition) is 5. The summed E-state index contributed by atoms with van der Waals surface area (Å²) < 4.78 is 1.89. The molecular weight excluding hydrogens is 320 g/mol. The first-order valence-corrected chi connectivity index (χ1v) is 8.85. The number of aromatic nitrogens is 5. The van der Waals surface area contributed by atoms with Gasteiger partial charge >= 0.3 is 0 Å². The third-order valence-corrected chi connectivity index (χ3v) is 4.73. The van der Waals surface area contributed by atoms with E-state index >= 15 is 0 Å². The molecule has 0 aromatic carbocycles. The second-order valence-electron chi connectivity index (χ2n) is 5.69. The molecule has 0 saturated carbocycles. The van der Waals surface area contributed by atoms with Crippen molar-refractivity contribution >= 4 is 22.8 Å². The van der Waals surface area contributed by atoms with Gasteiger partial charge in [0.25, 0.3) is 0 Å². The van der Waals surface area contributed by atoms with Gasteiger partial charge in [0.2, 0.25) is 0 Å². The minimum atomic E-state index is 0.857. The number of anilines is 1. The van der Waals surface area contributed by atoms with E-state index < -0.39 is 0 Å². The summed E-state index contributed by atoms with van der Waals surface area (Å²) in [6.45, 7) is 2.92. The van der Waals surface area contributed by atoms with Gasteiger partial charge in [0.1, 0.15) is 5.82 Å². The first kappa shape index (κ1) is 14.9. The van der Waals surface area contributed by atoms with Crippen molar-refractivity contribution < 1.29 is 0 Å². The van der Waals surface area contributed by atoms with Crippen molar-refractivity contribution in [2.24, 2.45) is 0 Å². The molecule has 0 amide bonds. The number of aryl methyl sites for hydroxylation is 2. The van der Waals surface area contributed by atoms with Crippen LogP contribution in [0.3, 0.4) is 0 Å². The highest BCUT2D eigenvalue weighted by molar-refractivity contribution is 7.08. The Kier molecular flexibility index (Phi) is 4.00. The van der Waals surface area contributed by atoms with Gasteiger partial charge in [-0.25, -0.2) is 9.50 Å². The lowest BCUT2D eigenvalue weighted by molar-refractivity contribution is 0.843. The highest BCUT2D eigenvalue weighted by Crippen LogP contribution is 2.23. The average Bonchev–Trinajstić information content (AvgIpc) is 3.32. The molecular formula is C17H18N6S. The van der Waals surface area contributed by atoms with E-state index in [2.05, 4.69) is 49.3 Å². The van der Waals surface area contributed by atoms with Gasteiger partial charge in [-0.15, -0.1) is 5.10 Å². The van der Waals surface area contributed by atoms with Crippen molar-refractivity contribution in [1.82, 2.24) is 24.8 Å². The van der Waals surface area contributed by atoms with E-state index in [1.54, 1.807) is 11.3 Å². The van der Waals surface area contributed by atoms with Gasteiger partial charge in [0.05, 0.1) is 18.1 Å². The number of rotatable bonds is 6. The van der Waals surface area contributed by atoms with E-state index in [-0.39, 0.29) is 0 Å². The maximum Gasteiger partial charge on any atom is 0.154 e. The van der Waals surface area contributed by atoms with E-state index in [9.17, 15) is 0 Å². The number of fused-ring (bicyclic) bond motifs is 1. The molecule has 0 unspecified atom stereocenters. The molecule has 0 fully saturated rings. The minimum absolute atomic E-state index is 0.857. The fraction of sp³-hybridized carbons (Fsp3) is 0.235. The third kappa shape index (κ3) is 2.90. The number of aromatic amines is 1. The largest absolute Gasteiger partial charge is 0.369 e. The van der Waals surface area contributed by atoms with Crippen LogP contribution in [0.1, 0.15) is 17.7 Å². The molecule has 6 nitrogen and oxygen atoms in total. The van der Waals surface area contributed by atoms with Crippen molar-refractivity contribution in [1.29, 1.82) is 0 Å². The number of imidazole rings is 1. The standard InChI is InChI=1S/C17H18N6S/c1-12-13(9-20-21-12)3-2-7-18-16-4-5-17-19-10-15(23(17)22-16)14-6-8-24-11-14/h4-6,8-11H,2-3,7H2,1H3,(H,18,22)(H,20,21). The number of hydrogen-bond donors (Lipinski definition) is 2. The van der Waals surface area contributed by atoms with Crippen LogP contribution in [0.2, 0.25) is 0 Å². The van der Waals surface area contributed by atoms with Gasteiger partial charge in [0.15, 0.2) is 5.65 Å². The normalized spacial score (nSPS) is 11.2. The molecule has 122 valence electrons. The topological polar surface area (TPSA) is 70.9 Å². The highest BCUT2D eigenvalue weighted by atomic mass is 32.1. The zero-order chi connectivity index (χ0) is 16.4. The Hall–Kier alpha value is -2.67. The molecule has 0 atom stereocenters. The maximum absolute atomic E-state index is 4.67. The molecule has 7 heteroatoms. The minimum Gasteiger partial charge on any atom is -0.369 e. The number of nitrogens with one attached hydrogen (secondary N) is 2. The first-order chi connectivity index (χ1) is 11.8. The van der Waals surface area contributed by atoms with Crippen molar-refractivity contribution in [3.8, 4) is 11.3 Å². The maximum atomic E-state index is 4.67. The van der Waals surface area contributed by atoms with Crippen LogP contribution in [0.15, 0.2) is 41.4 Å². The third-order valence-electron chi connectivity index (χ3n) is 4.04. The van der Waals surface area contributed by atoms with Crippen molar-refractivity contribution in [3.05, 3.63) is 52.6 Å². The number of H-pyrrole nitrogens is 1. The van der Waals surface area contributed by atoms with E-state index in [1.807, 2.05) is 29.0 Å². The number of thiophene rings is 1. The lowest BCUT2D eigenvalue weighted by Crippen LogP contribution is -2.07. The predicted octanol–water partition coefficient (Wildman–Crippen LogP) is 3.53. The van der Waals surface area contributed by atoms with Gasteiger partial charge in [-0.1, -0.05) is 0 Å². The van der Waals surface area contributed by atoms with Crippen LogP contribution >= 0.6 is 11.3 Å². The molecule has 24 heavy (non-hydrogen) atoms. The Morgan fingerprint density at radius 2 is 2.21 bits per heavy atom. The number of nitrogens with zero attached hydrogens (tertiary/aromatic N) is 4. The van der Waals surface area contributed by atoms with Crippen LogP contribution in [0.25, 0.3) is 16.9 Å². The first-order valence-electron chi connectivity index (χ1n) is 7.91. The zero-order valence-corrected chi connectivity index (χ0v) is 14.2. The molecule has 0 aliphatic rings. The van der Waals surface area contributed by atoms with Crippen LogP contribution in [0.4, 0.5) is 5.82 Å². The summed E-state index contributed by atoms with van der Waals surface area (Å²) in [5.74, 6) is 0.862. The molecule has 4 aromatic rings. The molecule has 2 N–H and O–H groups in total. The fourth-order valence-corrected chi connectivity index (χ4v) is 3.35. The zero-order valence-electron chi connectivity index (χ0n) is 13.4. The SMILES string of the molecule is Cc1[nH]ncc1CCCNc1ccc2ncc(-c3ccsc3)n2n1. The highest BCUT2D eigenvalue weighted by Gasteiger charge is 2.08. The van der Waals surface area contributed by atoms with Gasteiger partial charge < -0.3 is 5.32 Å². The summed E-state index contributed by atoms with van der Waals surface area (Å²) in [6, 6.07) is 6.05. The Balaban J connectivity index is 1.45. The van der Waals surface area contributed by atoms with Gasteiger partial charge in [-0.2, -0.15) is 16.4 Å². The molecule has 4 rings (SSSR count). The average molecular weight is 338 g/mol. The van der Waals surface area contributed by atoms with E-state index in [0.29, 0.717) is 0 Å². The lowest BCUT2D eigenvalue weighted by atomic mass is 10.1. The van der Waals surface area contributed by atoms with Crippen molar-refractivity contribution in [2.75, 3.05) is 11.9 Å². The molecule has 4 heterocycles. The summed E-state index contributed by atoms with van der Waals surface area (Å²) in [5, 5.41) is 19.3. The quantitative estimate of drug-likeness (QED) is 0.528. The fourth-order valence-electron chi connectivity index (χ4n) is 2.70. The summed E-state index contributed by atoms with van der Waals surface area (Å²) in [4.78, 5) is 4.42. The van der Waals surface area contributed by atoms with E-state index in [1.165, 1.54) is 5.56 Å². The smallest absolute Gasteiger partial charge is 0.154 e. The summed E-state index contributed by atoms with van der Waals surface area (Å²) >= 11 is 1.68. The monoisotopic (exact) mass is 338 g/mol. The Morgan fingerprint density at radius 3 is 3.00 bits per heavy atom.